The van der Waals surface area contributed by atoms with Crippen molar-refractivity contribution in [1.29, 1.82) is 0 Å². The second kappa shape index (κ2) is 6.83. The lowest BCUT2D eigenvalue weighted by Crippen LogP contribution is -2.36. The molecule has 6 heteroatoms. The first kappa shape index (κ1) is 16.4. The third-order valence-electron chi connectivity index (χ3n) is 3.14. The van der Waals surface area contributed by atoms with E-state index in [9.17, 15) is 9.59 Å². The van der Waals surface area contributed by atoms with E-state index in [0.29, 0.717) is 28.5 Å². The maximum absolute atomic E-state index is 12.1. The van der Waals surface area contributed by atoms with Crippen LogP contribution >= 0.6 is 0 Å². The summed E-state index contributed by atoms with van der Waals surface area (Å²) in [5, 5.41) is 2.69. The first-order chi connectivity index (χ1) is 10.9. The number of hydrazine groups is 1. The molecule has 0 atom stereocenters. The lowest BCUT2D eigenvalue weighted by Gasteiger charge is -2.12. The second-order valence-corrected chi connectivity index (χ2v) is 5.15. The molecule has 0 unspecified atom stereocenters. The number of amides is 2. The molecule has 1 aromatic heterocycles. The van der Waals surface area contributed by atoms with Crippen molar-refractivity contribution in [1.82, 2.24) is 10.9 Å². The van der Waals surface area contributed by atoms with Crippen LogP contribution in [0.4, 0.5) is 5.69 Å². The lowest BCUT2D eigenvalue weighted by atomic mass is 10.1. The molecule has 6 nitrogen and oxygen atoms in total. The molecule has 1 aromatic carbocycles. The van der Waals surface area contributed by atoms with Gasteiger partial charge in [-0.1, -0.05) is 18.7 Å². The number of anilines is 1. The summed E-state index contributed by atoms with van der Waals surface area (Å²) in [5.74, 6) is 0.771. The lowest BCUT2D eigenvalue weighted by molar-refractivity contribution is -0.114. The predicted octanol–water partition coefficient (Wildman–Crippen LogP) is 2.76. The maximum atomic E-state index is 12.1. The van der Waals surface area contributed by atoms with Crippen LogP contribution in [0.1, 0.15) is 34.4 Å². The van der Waals surface area contributed by atoms with Gasteiger partial charge in [-0.15, -0.1) is 0 Å². The van der Waals surface area contributed by atoms with Crippen molar-refractivity contribution in [3.05, 3.63) is 59.6 Å². The minimum absolute atomic E-state index is 0.153. The standard InChI is InChI=1S/C17H19N3O3/c1-10-8-16(12(3)23-10)17(22)20-19-11(2)14-6-5-7-15(9-14)18-13(4)21/h5-9,19H,2H2,1,3-4H3,(H,18,21)(H,20,22). The minimum atomic E-state index is -0.307. The van der Waals surface area contributed by atoms with E-state index in [2.05, 4.69) is 22.7 Å². The van der Waals surface area contributed by atoms with Gasteiger partial charge in [0.25, 0.3) is 5.91 Å². The van der Waals surface area contributed by atoms with E-state index in [1.54, 1.807) is 38.1 Å². The summed E-state index contributed by atoms with van der Waals surface area (Å²) in [5.41, 5.74) is 7.72. The first-order valence-corrected chi connectivity index (χ1v) is 7.07. The van der Waals surface area contributed by atoms with Crippen LogP contribution in [-0.2, 0) is 4.79 Å². The van der Waals surface area contributed by atoms with Crippen LogP contribution in [0.3, 0.4) is 0 Å². The number of aryl methyl sites for hydroxylation is 2. The smallest absolute Gasteiger partial charge is 0.273 e. The number of benzene rings is 1. The van der Waals surface area contributed by atoms with E-state index < -0.39 is 0 Å². The Hall–Kier alpha value is -3.02. The van der Waals surface area contributed by atoms with Crippen LogP contribution in [0.5, 0.6) is 0 Å². The molecule has 1 heterocycles. The van der Waals surface area contributed by atoms with Gasteiger partial charge in [-0.25, -0.2) is 0 Å². The molecule has 3 N–H and O–H groups in total. The van der Waals surface area contributed by atoms with Crippen molar-refractivity contribution in [2.75, 3.05) is 5.32 Å². The van der Waals surface area contributed by atoms with E-state index in [1.165, 1.54) is 6.92 Å². The van der Waals surface area contributed by atoms with E-state index in [4.69, 9.17) is 4.42 Å². The Labute approximate surface area is 134 Å². The Kier molecular flexibility index (Phi) is 4.85. The van der Waals surface area contributed by atoms with Crippen molar-refractivity contribution < 1.29 is 14.0 Å². The van der Waals surface area contributed by atoms with Crippen molar-refractivity contribution in [2.45, 2.75) is 20.8 Å². The summed E-state index contributed by atoms with van der Waals surface area (Å²) in [4.78, 5) is 23.2. The molecule has 0 aliphatic rings. The largest absolute Gasteiger partial charge is 0.466 e. The van der Waals surface area contributed by atoms with Crippen LogP contribution in [0.2, 0.25) is 0 Å². The number of hydrogen-bond acceptors (Lipinski definition) is 4. The SMILES string of the molecule is C=C(NNC(=O)c1cc(C)oc1C)c1cccc(NC(C)=O)c1. The maximum Gasteiger partial charge on any atom is 0.273 e. The number of hydrogen-bond donors (Lipinski definition) is 3. The molecule has 0 fully saturated rings. The fourth-order valence-electron chi connectivity index (χ4n) is 2.12. The predicted molar refractivity (Wildman–Crippen MR) is 88.6 cm³/mol. The topological polar surface area (TPSA) is 83.4 Å². The molecule has 0 radical (unpaired) electrons. The van der Waals surface area contributed by atoms with Gasteiger partial charge in [-0.05, 0) is 32.0 Å². The normalized spacial score (nSPS) is 10.0. The van der Waals surface area contributed by atoms with E-state index in [0.717, 1.165) is 5.56 Å². The van der Waals surface area contributed by atoms with Crippen LogP contribution in [0.25, 0.3) is 5.70 Å². The van der Waals surface area contributed by atoms with Crippen LogP contribution < -0.4 is 16.2 Å². The van der Waals surface area contributed by atoms with Gasteiger partial charge in [0.15, 0.2) is 0 Å². The van der Waals surface area contributed by atoms with Crippen molar-refractivity contribution in [2.24, 2.45) is 0 Å². The zero-order valence-electron chi connectivity index (χ0n) is 13.3. The van der Waals surface area contributed by atoms with Gasteiger partial charge in [-0.3, -0.25) is 20.4 Å². The fourth-order valence-corrected chi connectivity index (χ4v) is 2.12. The molecule has 0 saturated heterocycles. The molecule has 0 aliphatic heterocycles. The Morgan fingerprint density at radius 2 is 1.87 bits per heavy atom. The summed E-state index contributed by atoms with van der Waals surface area (Å²) >= 11 is 0. The molecular weight excluding hydrogens is 294 g/mol. The number of carbonyl (C=O) groups is 2. The summed E-state index contributed by atoms with van der Waals surface area (Å²) in [6, 6.07) is 8.82. The number of carbonyl (C=O) groups excluding carboxylic acids is 2. The fraction of sp³-hybridized carbons (Fsp3) is 0.176. The van der Waals surface area contributed by atoms with Crippen molar-refractivity contribution in [3.63, 3.8) is 0 Å². The molecule has 0 spiro atoms. The van der Waals surface area contributed by atoms with Gasteiger partial charge in [0.1, 0.15) is 11.5 Å². The highest BCUT2D eigenvalue weighted by Gasteiger charge is 2.13. The monoisotopic (exact) mass is 313 g/mol. The summed E-state index contributed by atoms with van der Waals surface area (Å²) in [6.07, 6.45) is 0. The van der Waals surface area contributed by atoms with Crippen LogP contribution in [0, 0.1) is 13.8 Å². The van der Waals surface area contributed by atoms with Gasteiger partial charge in [0, 0.05) is 18.2 Å². The van der Waals surface area contributed by atoms with Gasteiger partial charge in [0.2, 0.25) is 5.91 Å². The Morgan fingerprint density at radius 1 is 1.13 bits per heavy atom. The molecule has 2 rings (SSSR count). The summed E-state index contributed by atoms with van der Waals surface area (Å²) in [7, 11) is 0. The van der Waals surface area contributed by atoms with Crippen molar-refractivity contribution >= 4 is 23.2 Å². The summed E-state index contributed by atoms with van der Waals surface area (Å²) < 4.78 is 5.33. The number of nitrogens with one attached hydrogen (secondary N) is 3. The highest BCUT2D eigenvalue weighted by atomic mass is 16.3. The molecule has 2 amide bonds. The zero-order chi connectivity index (χ0) is 17.0. The zero-order valence-corrected chi connectivity index (χ0v) is 13.3. The van der Waals surface area contributed by atoms with Gasteiger partial charge in [0.05, 0.1) is 11.3 Å². The van der Waals surface area contributed by atoms with Gasteiger partial charge < -0.3 is 9.73 Å². The third kappa shape index (κ3) is 4.23. The molecule has 0 bridgehead atoms. The Bertz CT molecular complexity index is 762. The average Bonchev–Trinajstić information content (AvgIpc) is 2.83. The Morgan fingerprint density at radius 3 is 2.48 bits per heavy atom. The number of furan rings is 1. The molecule has 0 aliphatic carbocycles. The van der Waals surface area contributed by atoms with Crippen molar-refractivity contribution in [3.8, 4) is 0 Å². The average molecular weight is 313 g/mol. The Balaban J connectivity index is 2.01. The van der Waals surface area contributed by atoms with E-state index in [1.807, 2.05) is 6.07 Å². The molecule has 2 aromatic rings. The minimum Gasteiger partial charge on any atom is -0.466 e. The molecule has 120 valence electrons. The molecule has 23 heavy (non-hydrogen) atoms. The third-order valence-corrected chi connectivity index (χ3v) is 3.14. The second-order valence-electron chi connectivity index (χ2n) is 5.15. The quantitative estimate of drug-likeness (QED) is 0.741. The van der Waals surface area contributed by atoms with E-state index in [-0.39, 0.29) is 11.8 Å². The van der Waals surface area contributed by atoms with Crippen LogP contribution in [-0.4, -0.2) is 11.8 Å². The first-order valence-electron chi connectivity index (χ1n) is 7.07. The molecular formula is C17H19N3O3. The highest BCUT2D eigenvalue weighted by molar-refractivity contribution is 5.95. The van der Waals surface area contributed by atoms with Gasteiger partial charge in [-0.2, -0.15) is 0 Å². The number of rotatable bonds is 5. The highest BCUT2D eigenvalue weighted by Crippen LogP contribution is 2.16. The van der Waals surface area contributed by atoms with E-state index >= 15 is 0 Å². The van der Waals surface area contributed by atoms with Gasteiger partial charge >= 0.3 is 0 Å². The van der Waals surface area contributed by atoms with Crippen LogP contribution in [0.15, 0.2) is 41.3 Å². The summed E-state index contributed by atoms with van der Waals surface area (Å²) in [6.45, 7) is 8.83. The molecule has 0 saturated carbocycles.